The zero-order valence-corrected chi connectivity index (χ0v) is 22.5. The fraction of sp³-hybridized carbons (Fsp3) is 1.00. The molecule has 0 unspecified atom stereocenters. The average Bonchev–Trinajstić information content (AvgIpc) is 2.70. The van der Waals surface area contributed by atoms with Gasteiger partial charge in [0.05, 0.1) is 13.2 Å². The SMILES string of the molecule is CCCCCCCCCCCCOS(=O)(=O)OCCCCCCCCCCCC.[H-].[H-].[Mg+2]. The average molecular weight is 461 g/mol. The number of unbranched alkanes of at least 4 members (excludes halogenated alkanes) is 18. The Hall–Kier alpha value is 0.636. The van der Waals surface area contributed by atoms with Crippen LogP contribution in [0.3, 0.4) is 0 Å². The molecule has 6 heteroatoms. The molecule has 0 N–H and O–H groups in total. The first kappa shape index (κ1) is 32.8. The monoisotopic (exact) mass is 460 g/mol. The van der Waals surface area contributed by atoms with Crippen LogP contribution in [0.2, 0.25) is 0 Å². The minimum atomic E-state index is -3.80. The van der Waals surface area contributed by atoms with Crippen molar-refractivity contribution in [3.8, 4) is 0 Å². The largest absolute Gasteiger partial charge is 2.00 e. The summed E-state index contributed by atoms with van der Waals surface area (Å²) < 4.78 is 33.3. The summed E-state index contributed by atoms with van der Waals surface area (Å²) in [7, 11) is -3.80. The normalized spacial score (nSPS) is 11.5. The molecule has 0 aliphatic heterocycles. The fourth-order valence-corrected chi connectivity index (χ4v) is 4.25. The molecule has 0 radical (unpaired) electrons. The molecule has 0 bridgehead atoms. The van der Waals surface area contributed by atoms with Gasteiger partial charge in [-0.1, -0.05) is 129 Å². The molecule has 0 rings (SSSR count). The summed E-state index contributed by atoms with van der Waals surface area (Å²) in [6.07, 6.45) is 24.4. The fourth-order valence-electron chi connectivity index (χ4n) is 3.53. The number of hydrogen-bond donors (Lipinski definition) is 0. The van der Waals surface area contributed by atoms with E-state index in [4.69, 9.17) is 8.37 Å². The molecule has 0 aliphatic rings. The summed E-state index contributed by atoms with van der Waals surface area (Å²) in [5.41, 5.74) is 0. The van der Waals surface area contributed by atoms with Crippen LogP contribution in [0.4, 0.5) is 0 Å². The maximum absolute atomic E-state index is 11.7. The summed E-state index contributed by atoms with van der Waals surface area (Å²) >= 11 is 0. The minimum Gasteiger partial charge on any atom is -1.00 e. The summed E-state index contributed by atoms with van der Waals surface area (Å²) in [6.45, 7) is 4.98. The molecule has 0 saturated carbocycles. The maximum Gasteiger partial charge on any atom is 2.00 e. The van der Waals surface area contributed by atoms with E-state index >= 15 is 0 Å². The van der Waals surface area contributed by atoms with E-state index < -0.39 is 10.4 Å². The van der Waals surface area contributed by atoms with Crippen molar-refractivity contribution in [2.45, 2.75) is 142 Å². The Labute approximate surface area is 208 Å². The van der Waals surface area contributed by atoms with E-state index in [-0.39, 0.29) is 39.1 Å². The Morgan fingerprint density at radius 1 is 0.467 bits per heavy atom. The van der Waals surface area contributed by atoms with Gasteiger partial charge in [-0.25, -0.2) is 8.37 Å². The Bertz CT molecular complexity index is 394. The third kappa shape index (κ3) is 26.7. The van der Waals surface area contributed by atoms with E-state index in [1.165, 1.54) is 89.9 Å². The Morgan fingerprint density at radius 2 is 0.700 bits per heavy atom. The second kappa shape index (κ2) is 25.9. The van der Waals surface area contributed by atoms with Gasteiger partial charge in [0.15, 0.2) is 0 Å². The molecule has 0 amide bonds. The molecule has 0 saturated heterocycles. The molecule has 0 aromatic carbocycles. The first-order valence-electron chi connectivity index (χ1n) is 12.7. The van der Waals surface area contributed by atoms with Crippen molar-refractivity contribution in [2.75, 3.05) is 13.2 Å². The van der Waals surface area contributed by atoms with Crippen LogP contribution in [-0.4, -0.2) is 44.7 Å². The van der Waals surface area contributed by atoms with E-state index in [0.29, 0.717) is 0 Å². The second-order valence-electron chi connectivity index (χ2n) is 8.42. The first-order chi connectivity index (χ1) is 14.1. The molecule has 0 heterocycles. The molecule has 0 aliphatic carbocycles. The van der Waals surface area contributed by atoms with Gasteiger partial charge in [0, 0.05) is 0 Å². The summed E-state index contributed by atoms with van der Waals surface area (Å²) in [5, 5.41) is 0. The van der Waals surface area contributed by atoms with Crippen molar-refractivity contribution in [1.29, 1.82) is 0 Å². The molecule has 0 aromatic heterocycles. The van der Waals surface area contributed by atoms with Crippen molar-refractivity contribution in [2.24, 2.45) is 0 Å². The van der Waals surface area contributed by atoms with Gasteiger partial charge in [-0.3, -0.25) is 0 Å². The van der Waals surface area contributed by atoms with Gasteiger partial charge in [0.2, 0.25) is 0 Å². The quantitative estimate of drug-likeness (QED) is 0.108. The molecule has 0 atom stereocenters. The summed E-state index contributed by atoms with van der Waals surface area (Å²) in [6, 6.07) is 0. The summed E-state index contributed by atoms with van der Waals surface area (Å²) in [4.78, 5) is 0. The Morgan fingerprint density at radius 3 is 0.967 bits per heavy atom. The van der Waals surface area contributed by atoms with Gasteiger partial charge in [-0.05, 0) is 12.8 Å². The van der Waals surface area contributed by atoms with Crippen LogP contribution in [-0.2, 0) is 18.8 Å². The molecule has 180 valence electrons. The van der Waals surface area contributed by atoms with Gasteiger partial charge in [0.25, 0.3) is 0 Å². The third-order valence-electron chi connectivity index (χ3n) is 5.45. The van der Waals surface area contributed by atoms with Crippen molar-refractivity contribution in [3.05, 3.63) is 0 Å². The maximum atomic E-state index is 11.7. The van der Waals surface area contributed by atoms with E-state index in [1.54, 1.807) is 0 Å². The van der Waals surface area contributed by atoms with Crippen LogP contribution in [0.5, 0.6) is 0 Å². The van der Waals surface area contributed by atoms with Gasteiger partial charge in [0.1, 0.15) is 0 Å². The molecule has 0 spiro atoms. The molecular formula is C24H52MgO4S. The third-order valence-corrected chi connectivity index (χ3v) is 6.36. The van der Waals surface area contributed by atoms with Crippen LogP contribution < -0.4 is 0 Å². The Kier molecular flexibility index (Phi) is 28.3. The predicted molar refractivity (Wildman–Crippen MR) is 132 cm³/mol. The number of hydrogen-bond acceptors (Lipinski definition) is 4. The van der Waals surface area contributed by atoms with Gasteiger partial charge < -0.3 is 2.85 Å². The smallest absolute Gasteiger partial charge is 1.00 e. The molecular weight excluding hydrogens is 409 g/mol. The van der Waals surface area contributed by atoms with Crippen molar-refractivity contribution >= 4 is 33.5 Å². The van der Waals surface area contributed by atoms with Crippen molar-refractivity contribution < 1.29 is 19.6 Å². The topological polar surface area (TPSA) is 52.6 Å². The molecule has 0 fully saturated rings. The van der Waals surface area contributed by atoms with Crippen LogP contribution in [0, 0.1) is 0 Å². The minimum absolute atomic E-state index is 0. The van der Waals surface area contributed by atoms with E-state index in [2.05, 4.69) is 13.8 Å². The van der Waals surface area contributed by atoms with Crippen LogP contribution in [0.25, 0.3) is 0 Å². The van der Waals surface area contributed by atoms with Crippen molar-refractivity contribution in [3.63, 3.8) is 0 Å². The standard InChI is InChI=1S/C24H50O4S.Mg.2H/c1-3-5-7-9-11-13-15-17-19-21-23-27-29(25,26)28-24-22-20-18-16-14-12-10-8-6-4-2;;;/h3-24H2,1-2H3;;;/q;+2;2*-1. The zero-order valence-electron chi connectivity index (χ0n) is 22.3. The van der Waals surface area contributed by atoms with Gasteiger partial charge in [-0.15, -0.1) is 0 Å². The molecule has 30 heavy (non-hydrogen) atoms. The second-order valence-corrected chi connectivity index (χ2v) is 9.70. The van der Waals surface area contributed by atoms with E-state index in [1.807, 2.05) is 0 Å². The predicted octanol–water partition coefficient (Wildman–Crippen LogP) is 7.95. The molecule has 0 aromatic rings. The van der Waals surface area contributed by atoms with E-state index in [9.17, 15) is 8.42 Å². The van der Waals surface area contributed by atoms with Crippen LogP contribution >= 0.6 is 0 Å². The molecule has 4 nitrogen and oxygen atoms in total. The van der Waals surface area contributed by atoms with Crippen molar-refractivity contribution in [1.82, 2.24) is 0 Å². The number of rotatable bonds is 24. The van der Waals surface area contributed by atoms with Crippen LogP contribution in [0.1, 0.15) is 145 Å². The van der Waals surface area contributed by atoms with Crippen LogP contribution in [0.15, 0.2) is 0 Å². The van der Waals surface area contributed by atoms with Gasteiger partial charge >= 0.3 is 33.5 Å². The first-order valence-corrected chi connectivity index (χ1v) is 14.0. The van der Waals surface area contributed by atoms with Gasteiger partial charge in [-0.2, -0.15) is 8.42 Å². The zero-order chi connectivity index (χ0) is 21.5. The van der Waals surface area contributed by atoms with E-state index in [0.717, 1.165) is 38.5 Å². The summed E-state index contributed by atoms with van der Waals surface area (Å²) in [5.74, 6) is 0. The Balaban J connectivity index is -0.00000131.